The van der Waals surface area contributed by atoms with Crippen LogP contribution in [-0.2, 0) is 20.8 Å². The summed E-state index contributed by atoms with van der Waals surface area (Å²) in [6.45, 7) is 9.85. The number of benzene rings is 1. The van der Waals surface area contributed by atoms with Gasteiger partial charge < -0.3 is 28.7 Å². The second-order valence-electron chi connectivity index (χ2n) is 9.81. The summed E-state index contributed by atoms with van der Waals surface area (Å²) < 4.78 is 37.7. The van der Waals surface area contributed by atoms with Gasteiger partial charge in [-0.2, -0.15) is 0 Å². The highest BCUT2D eigenvalue weighted by molar-refractivity contribution is 5.68. The van der Waals surface area contributed by atoms with Crippen molar-refractivity contribution in [3.05, 3.63) is 35.6 Å². The Kier molecular flexibility index (Phi) is 9.51. The SMILES string of the molecule is CC(C)COC[C@H](O)CN(Cc1c(-c2ccccc2F)noc1N1CCOCC1)C[C@@H]1CCCO1. The molecule has 0 radical (unpaired) electrons. The van der Waals surface area contributed by atoms with Crippen molar-refractivity contribution in [2.24, 2.45) is 5.92 Å². The van der Waals surface area contributed by atoms with E-state index >= 15 is 0 Å². The molecule has 2 aromatic rings. The first-order valence-corrected chi connectivity index (χ1v) is 12.7. The Labute approximate surface area is 206 Å². The molecular formula is C26H38FN3O5. The molecule has 35 heavy (non-hydrogen) atoms. The number of aliphatic hydroxyl groups is 1. The predicted molar refractivity (Wildman–Crippen MR) is 131 cm³/mol. The zero-order chi connectivity index (χ0) is 24.6. The van der Waals surface area contributed by atoms with Gasteiger partial charge in [-0.1, -0.05) is 31.1 Å². The van der Waals surface area contributed by atoms with Crippen LogP contribution in [0.25, 0.3) is 11.3 Å². The molecule has 9 heteroatoms. The van der Waals surface area contributed by atoms with Crippen LogP contribution < -0.4 is 4.90 Å². The lowest BCUT2D eigenvalue weighted by Gasteiger charge is -2.30. The molecule has 0 aliphatic carbocycles. The Balaban J connectivity index is 1.59. The van der Waals surface area contributed by atoms with Crippen molar-refractivity contribution in [2.75, 3.05) is 64.1 Å². The minimum absolute atomic E-state index is 0.0994. The van der Waals surface area contributed by atoms with E-state index in [0.717, 1.165) is 25.0 Å². The number of hydrogen-bond donors (Lipinski definition) is 1. The molecular weight excluding hydrogens is 453 g/mol. The lowest BCUT2D eigenvalue weighted by Crippen LogP contribution is -2.40. The highest BCUT2D eigenvalue weighted by Gasteiger charge is 2.29. The summed E-state index contributed by atoms with van der Waals surface area (Å²) in [5.41, 5.74) is 1.71. The van der Waals surface area contributed by atoms with Crippen LogP contribution in [0, 0.1) is 11.7 Å². The van der Waals surface area contributed by atoms with Crippen LogP contribution in [0.4, 0.5) is 10.3 Å². The van der Waals surface area contributed by atoms with Crippen LogP contribution in [0.1, 0.15) is 32.3 Å². The maximum atomic E-state index is 14.8. The van der Waals surface area contributed by atoms with Crippen LogP contribution in [-0.4, -0.2) is 86.6 Å². The summed E-state index contributed by atoms with van der Waals surface area (Å²) in [4.78, 5) is 4.25. The van der Waals surface area contributed by atoms with Gasteiger partial charge in [-0.3, -0.25) is 4.90 Å². The average molecular weight is 492 g/mol. The average Bonchev–Trinajstić information content (AvgIpc) is 3.50. The Morgan fingerprint density at radius 3 is 2.71 bits per heavy atom. The molecule has 3 heterocycles. The summed E-state index contributed by atoms with van der Waals surface area (Å²) in [5.74, 6) is 0.694. The van der Waals surface area contributed by atoms with E-state index in [4.69, 9.17) is 18.7 Å². The van der Waals surface area contributed by atoms with E-state index in [0.29, 0.717) is 75.6 Å². The van der Waals surface area contributed by atoms with Crippen molar-refractivity contribution in [3.8, 4) is 11.3 Å². The standard InChI is InChI=1S/C26H38FN3O5/c1-19(2)17-33-18-20(31)14-29(15-21-6-5-11-34-21)16-23-25(22-7-3-4-8-24(22)27)28-35-26(23)30-9-12-32-13-10-30/h3-4,7-8,19-21,31H,5-6,9-18H2,1-2H3/t20-,21+/m1/s1. The molecule has 0 amide bonds. The van der Waals surface area contributed by atoms with Gasteiger partial charge in [-0.15, -0.1) is 0 Å². The highest BCUT2D eigenvalue weighted by atomic mass is 19.1. The van der Waals surface area contributed by atoms with Gasteiger partial charge >= 0.3 is 0 Å². The van der Waals surface area contributed by atoms with Crippen molar-refractivity contribution >= 4 is 5.88 Å². The largest absolute Gasteiger partial charge is 0.389 e. The van der Waals surface area contributed by atoms with Crippen molar-refractivity contribution < 1.29 is 28.2 Å². The van der Waals surface area contributed by atoms with Crippen LogP contribution in [0.15, 0.2) is 28.8 Å². The fourth-order valence-electron chi connectivity index (χ4n) is 4.62. The normalized spacial score (nSPS) is 19.7. The molecule has 194 valence electrons. The van der Waals surface area contributed by atoms with E-state index in [1.165, 1.54) is 6.07 Å². The quantitative estimate of drug-likeness (QED) is 0.484. The van der Waals surface area contributed by atoms with Crippen molar-refractivity contribution in [3.63, 3.8) is 0 Å². The topological polar surface area (TPSA) is 80.4 Å². The van der Waals surface area contributed by atoms with Crippen LogP contribution >= 0.6 is 0 Å². The second-order valence-corrected chi connectivity index (χ2v) is 9.81. The number of hydrogen-bond acceptors (Lipinski definition) is 8. The number of rotatable bonds is 12. The molecule has 2 aliphatic rings. The van der Waals surface area contributed by atoms with Gasteiger partial charge in [0.1, 0.15) is 11.5 Å². The lowest BCUT2D eigenvalue weighted by atomic mass is 10.1. The number of anilines is 1. The van der Waals surface area contributed by atoms with Crippen LogP contribution in [0.2, 0.25) is 0 Å². The minimum atomic E-state index is -0.654. The van der Waals surface area contributed by atoms with Gasteiger partial charge in [0.25, 0.3) is 0 Å². The smallest absolute Gasteiger partial charge is 0.232 e. The molecule has 4 rings (SSSR count). The fourth-order valence-corrected chi connectivity index (χ4v) is 4.62. The van der Waals surface area contributed by atoms with E-state index in [1.54, 1.807) is 18.2 Å². The summed E-state index contributed by atoms with van der Waals surface area (Å²) in [7, 11) is 0. The van der Waals surface area contributed by atoms with Gasteiger partial charge in [0.05, 0.1) is 37.6 Å². The number of morpholine rings is 1. The number of nitrogens with zero attached hydrogens (tertiary/aromatic N) is 3. The molecule has 1 N–H and O–H groups in total. The first-order valence-electron chi connectivity index (χ1n) is 12.7. The van der Waals surface area contributed by atoms with Gasteiger partial charge in [0.15, 0.2) is 0 Å². The van der Waals surface area contributed by atoms with E-state index in [2.05, 4.69) is 28.8 Å². The molecule has 1 aromatic heterocycles. The first kappa shape index (κ1) is 26.0. The molecule has 2 aliphatic heterocycles. The highest BCUT2D eigenvalue weighted by Crippen LogP contribution is 2.34. The fraction of sp³-hybridized carbons (Fsp3) is 0.654. The molecule has 2 fully saturated rings. The monoisotopic (exact) mass is 491 g/mol. The molecule has 0 unspecified atom stereocenters. The predicted octanol–water partition coefficient (Wildman–Crippen LogP) is 3.33. The molecule has 0 saturated carbocycles. The van der Waals surface area contributed by atoms with Crippen LogP contribution in [0.5, 0.6) is 0 Å². The molecule has 8 nitrogen and oxygen atoms in total. The van der Waals surface area contributed by atoms with Crippen molar-refractivity contribution in [1.29, 1.82) is 0 Å². The number of aliphatic hydroxyl groups excluding tert-OH is 1. The minimum Gasteiger partial charge on any atom is -0.389 e. The Hall–Kier alpha value is -2.04. The van der Waals surface area contributed by atoms with Gasteiger partial charge in [0, 0.05) is 51.5 Å². The summed E-state index contributed by atoms with van der Waals surface area (Å²) >= 11 is 0. The zero-order valence-electron chi connectivity index (χ0n) is 20.8. The maximum Gasteiger partial charge on any atom is 0.232 e. The summed E-state index contributed by atoms with van der Waals surface area (Å²) in [5, 5.41) is 15.1. The Morgan fingerprint density at radius 1 is 1.20 bits per heavy atom. The van der Waals surface area contributed by atoms with Crippen molar-refractivity contribution in [1.82, 2.24) is 10.1 Å². The maximum absolute atomic E-state index is 14.8. The third kappa shape index (κ3) is 7.24. The third-order valence-electron chi connectivity index (χ3n) is 6.29. The summed E-state index contributed by atoms with van der Waals surface area (Å²) in [6, 6.07) is 6.62. The second kappa shape index (κ2) is 12.8. The zero-order valence-corrected chi connectivity index (χ0v) is 20.8. The van der Waals surface area contributed by atoms with Crippen LogP contribution in [0.3, 0.4) is 0 Å². The Morgan fingerprint density at radius 2 is 2.00 bits per heavy atom. The van der Waals surface area contributed by atoms with E-state index in [1.807, 2.05) is 0 Å². The third-order valence-corrected chi connectivity index (χ3v) is 6.29. The van der Waals surface area contributed by atoms with Gasteiger partial charge in [-0.25, -0.2) is 4.39 Å². The molecule has 1 aromatic carbocycles. The molecule has 0 bridgehead atoms. The van der Waals surface area contributed by atoms with Crippen molar-refractivity contribution in [2.45, 2.75) is 45.4 Å². The van der Waals surface area contributed by atoms with E-state index in [-0.39, 0.29) is 18.5 Å². The Bertz CT molecular complexity index is 912. The van der Waals surface area contributed by atoms with Gasteiger partial charge in [-0.05, 0) is 30.9 Å². The number of halogens is 1. The first-order chi connectivity index (χ1) is 17.0. The number of aromatic nitrogens is 1. The summed E-state index contributed by atoms with van der Waals surface area (Å²) in [6.07, 6.45) is 1.46. The van der Waals surface area contributed by atoms with Gasteiger partial charge in [0.2, 0.25) is 5.88 Å². The molecule has 2 atom stereocenters. The lowest BCUT2D eigenvalue weighted by molar-refractivity contribution is -0.00390. The van der Waals surface area contributed by atoms with E-state index < -0.39 is 6.10 Å². The van der Waals surface area contributed by atoms with E-state index in [9.17, 15) is 9.50 Å². The molecule has 2 saturated heterocycles. The number of ether oxygens (including phenoxy) is 3. The molecule has 0 spiro atoms.